The van der Waals surface area contributed by atoms with Crippen molar-refractivity contribution < 1.29 is 9.59 Å². The summed E-state index contributed by atoms with van der Waals surface area (Å²) in [4.78, 5) is 23.8. The van der Waals surface area contributed by atoms with Gasteiger partial charge in [0.15, 0.2) is 0 Å². The number of anilines is 1. The smallest absolute Gasteiger partial charge is 0.249 e. The standard InChI is InChI=1S/C20H22N2O2/c1-13-17(20(21)24)7-4-8-18(13)22-19(23)12-14-9-10-15-5-2-3-6-16(15)11-14/h2-8,14H,9-12H2,1H3,(H2,21,24)(H,22,23). The molecule has 24 heavy (non-hydrogen) atoms. The largest absolute Gasteiger partial charge is 0.366 e. The van der Waals surface area contributed by atoms with Gasteiger partial charge in [0.25, 0.3) is 0 Å². The van der Waals surface area contributed by atoms with Crippen LogP contribution in [0, 0.1) is 12.8 Å². The van der Waals surface area contributed by atoms with Gasteiger partial charge in [-0.1, -0.05) is 30.3 Å². The lowest BCUT2D eigenvalue weighted by Gasteiger charge is -2.24. The Kier molecular flexibility index (Phi) is 4.65. The maximum absolute atomic E-state index is 12.4. The van der Waals surface area contributed by atoms with Gasteiger partial charge in [-0.25, -0.2) is 0 Å². The molecule has 0 saturated heterocycles. The third-order valence-electron chi connectivity index (χ3n) is 4.80. The molecule has 2 aromatic rings. The SMILES string of the molecule is Cc1c(NC(=O)CC2CCc3ccccc3C2)cccc1C(N)=O. The number of benzene rings is 2. The Balaban J connectivity index is 1.65. The van der Waals surface area contributed by atoms with E-state index in [1.165, 1.54) is 11.1 Å². The molecule has 0 saturated carbocycles. The Morgan fingerprint density at radius 2 is 1.88 bits per heavy atom. The van der Waals surface area contributed by atoms with Gasteiger partial charge in [-0.2, -0.15) is 0 Å². The van der Waals surface area contributed by atoms with Crippen molar-refractivity contribution in [3.05, 3.63) is 64.7 Å². The molecule has 0 fully saturated rings. The molecule has 1 unspecified atom stereocenters. The maximum atomic E-state index is 12.4. The van der Waals surface area contributed by atoms with Crippen molar-refractivity contribution in [1.29, 1.82) is 0 Å². The van der Waals surface area contributed by atoms with Gasteiger partial charge < -0.3 is 11.1 Å². The van der Waals surface area contributed by atoms with Gasteiger partial charge in [0.2, 0.25) is 11.8 Å². The predicted octanol–water partition coefficient (Wildman–Crippen LogP) is 3.23. The number of amides is 2. The van der Waals surface area contributed by atoms with Gasteiger partial charge in [-0.3, -0.25) is 9.59 Å². The molecule has 3 N–H and O–H groups in total. The van der Waals surface area contributed by atoms with Gasteiger partial charge in [0, 0.05) is 17.7 Å². The molecule has 0 radical (unpaired) electrons. The predicted molar refractivity (Wildman–Crippen MR) is 94.9 cm³/mol. The van der Waals surface area contributed by atoms with Gasteiger partial charge in [0.1, 0.15) is 0 Å². The van der Waals surface area contributed by atoms with Crippen LogP contribution in [0.4, 0.5) is 5.69 Å². The Morgan fingerprint density at radius 3 is 2.62 bits per heavy atom. The zero-order chi connectivity index (χ0) is 17.1. The number of rotatable bonds is 4. The van der Waals surface area contributed by atoms with Crippen LogP contribution in [0.2, 0.25) is 0 Å². The van der Waals surface area contributed by atoms with E-state index >= 15 is 0 Å². The van der Waals surface area contributed by atoms with Crippen LogP contribution in [0.3, 0.4) is 0 Å². The van der Waals surface area contributed by atoms with Crippen molar-refractivity contribution in [3.63, 3.8) is 0 Å². The number of fused-ring (bicyclic) bond motifs is 1. The average Bonchev–Trinajstić information content (AvgIpc) is 2.56. The highest BCUT2D eigenvalue weighted by Crippen LogP contribution is 2.28. The molecule has 1 aliphatic carbocycles. The fourth-order valence-corrected chi connectivity index (χ4v) is 3.45. The molecule has 0 spiro atoms. The van der Waals surface area contributed by atoms with E-state index in [0.29, 0.717) is 29.2 Å². The van der Waals surface area contributed by atoms with Crippen molar-refractivity contribution >= 4 is 17.5 Å². The highest BCUT2D eigenvalue weighted by atomic mass is 16.2. The molecule has 2 amide bonds. The zero-order valence-electron chi connectivity index (χ0n) is 13.8. The van der Waals surface area contributed by atoms with Gasteiger partial charge in [-0.05, 0) is 60.9 Å². The van der Waals surface area contributed by atoms with Gasteiger partial charge in [-0.15, -0.1) is 0 Å². The fourth-order valence-electron chi connectivity index (χ4n) is 3.45. The molecule has 1 atom stereocenters. The van der Waals surface area contributed by atoms with Crippen LogP contribution in [0.25, 0.3) is 0 Å². The quantitative estimate of drug-likeness (QED) is 0.907. The Labute approximate surface area is 142 Å². The number of carbonyl (C=O) groups excluding carboxylic acids is 2. The van der Waals surface area contributed by atoms with Crippen LogP contribution < -0.4 is 11.1 Å². The molecule has 0 bridgehead atoms. The van der Waals surface area contributed by atoms with Crippen molar-refractivity contribution in [3.8, 4) is 0 Å². The number of hydrogen-bond donors (Lipinski definition) is 2. The molecule has 3 rings (SSSR count). The number of carbonyl (C=O) groups is 2. The van der Waals surface area contributed by atoms with Crippen LogP contribution in [-0.4, -0.2) is 11.8 Å². The van der Waals surface area contributed by atoms with Crippen LogP contribution >= 0.6 is 0 Å². The first kappa shape index (κ1) is 16.2. The Morgan fingerprint density at radius 1 is 1.12 bits per heavy atom. The lowest BCUT2D eigenvalue weighted by molar-refractivity contribution is -0.117. The first-order valence-corrected chi connectivity index (χ1v) is 8.30. The minimum atomic E-state index is -0.479. The van der Waals surface area contributed by atoms with Crippen LogP contribution in [0.15, 0.2) is 42.5 Å². The Bertz CT molecular complexity index is 783. The molecular weight excluding hydrogens is 300 g/mol. The summed E-state index contributed by atoms with van der Waals surface area (Å²) in [6.07, 6.45) is 3.51. The summed E-state index contributed by atoms with van der Waals surface area (Å²) in [6, 6.07) is 13.7. The van der Waals surface area contributed by atoms with E-state index in [9.17, 15) is 9.59 Å². The topological polar surface area (TPSA) is 72.2 Å². The number of hydrogen-bond acceptors (Lipinski definition) is 2. The highest BCUT2D eigenvalue weighted by molar-refractivity contribution is 5.98. The third kappa shape index (κ3) is 3.48. The van der Waals surface area contributed by atoms with Crippen molar-refractivity contribution in [2.75, 3.05) is 5.32 Å². The number of nitrogens with one attached hydrogen (secondary N) is 1. The second-order valence-electron chi connectivity index (χ2n) is 6.47. The lowest BCUT2D eigenvalue weighted by atomic mass is 9.82. The van der Waals surface area contributed by atoms with E-state index in [-0.39, 0.29) is 5.91 Å². The van der Waals surface area contributed by atoms with Crippen LogP contribution in [-0.2, 0) is 17.6 Å². The number of primary amides is 1. The summed E-state index contributed by atoms with van der Waals surface area (Å²) in [7, 11) is 0. The minimum absolute atomic E-state index is 0.0101. The summed E-state index contributed by atoms with van der Waals surface area (Å²) in [5.74, 6) is -0.129. The molecule has 2 aromatic carbocycles. The number of aryl methyl sites for hydroxylation is 1. The molecule has 124 valence electrons. The second kappa shape index (κ2) is 6.87. The van der Waals surface area contributed by atoms with E-state index in [1.54, 1.807) is 25.1 Å². The summed E-state index contributed by atoms with van der Waals surface area (Å²) >= 11 is 0. The molecule has 0 aliphatic heterocycles. The van der Waals surface area contributed by atoms with E-state index < -0.39 is 5.91 Å². The monoisotopic (exact) mass is 322 g/mol. The van der Waals surface area contributed by atoms with Crippen LogP contribution in [0.5, 0.6) is 0 Å². The van der Waals surface area contributed by atoms with E-state index in [2.05, 4.69) is 29.6 Å². The van der Waals surface area contributed by atoms with E-state index in [4.69, 9.17) is 5.73 Å². The zero-order valence-corrected chi connectivity index (χ0v) is 13.8. The first-order chi connectivity index (χ1) is 11.5. The molecule has 0 aromatic heterocycles. The normalized spacial score (nSPS) is 16.3. The van der Waals surface area contributed by atoms with Gasteiger partial charge >= 0.3 is 0 Å². The summed E-state index contributed by atoms with van der Waals surface area (Å²) in [5, 5.41) is 2.93. The van der Waals surface area contributed by atoms with E-state index in [0.717, 1.165) is 19.3 Å². The van der Waals surface area contributed by atoms with Crippen LogP contribution in [0.1, 0.15) is 39.9 Å². The maximum Gasteiger partial charge on any atom is 0.249 e. The van der Waals surface area contributed by atoms with Crippen molar-refractivity contribution in [2.24, 2.45) is 11.7 Å². The minimum Gasteiger partial charge on any atom is -0.366 e. The van der Waals surface area contributed by atoms with Gasteiger partial charge in [0.05, 0.1) is 0 Å². The summed E-state index contributed by atoms with van der Waals surface area (Å²) < 4.78 is 0. The van der Waals surface area contributed by atoms with Crippen molar-refractivity contribution in [1.82, 2.24) is 0 Å². The summed E-state index contributed by atoms with van der Waals surface area (Å²) in [5.41, 5.74) is 9.93. The van der Waals surface area contributed by atoms with Crippen molar-refractivity contribution in [2.45, 2.75) is 32.6 Å². The Hall–Kier alpha value is -2.62. The third-order valence-corrected chi connectivity index (χ3v) is 4.80. The number of nitrogens with two attached hydrogens (primary N) is 1. The molecular formula is C20H22N2O2. The average molecular weight is 322 g/mol. The second-order valence-corrected chi connectivity index (χ2v) is 6.47. The molecule has 1 aliphatic rings. The fraction of sp³-hybridized carbons (Fsp3) is 0.300. The molecule has 4 nitrogen and oxygen atoms in total. The lowest BCUT2D eigenvalue weighted by Crippen LogP contribution is -2.22. The highest BCUT2D eigenvalue weighted by Gasteiger charge is 2.21. The summed E-state index contributed by atoms with van der Waals surface area (Å²) in [6.45, 7) is 1.80. The molecule has 4 heteroatoms. The van der Waals surface area contributed by atoms with E-state index in [1.807, 2.05) is 0 Å². The first-order valence-electron chi connectivity index (χ1n) is 8.30. The molecule has 0 heterocycles.